The lowest BCUT2D eigenvalue weighted by Crippen LogP contribution is -2.54. The van der Waals surface area contributed by atoms with Crippen LogP contribution in [0.3, 0.4) is 0 Å². The summed E-state index contributed by atoms with van der Waals surface area (Å²) in [6.45, 7) is 2.09. The topological polar surface area (TPSA) is 65.0 Å². The molecule has 1 heterocycles. The van der Waals surface area contributed by atoms with Crippen LogP contribution < -0.4 is 5.43 Å². The molecule has 0 spiro atoms. The molecule has 3 amide bonds. The Labute approximate surface area is 105 Å². The molecule has 0 bridgehead atoms. The largest absolute Gasteiger partial charge is 0.359 e. The monoisotopic (exact) mass is 246 g/mol. The normalized spacial score (nSPS) is 15.4. The summed E-state index contributed by atoms with van der Waals surface area (Å²) in [4.78, 5) is 23.7. The standard InChI is InChI=1S/C12H14N4O2/c1-9-8-16(12(18)15(2)13-9)14-11(17)10-6-4-3-5-7-10/h3-7H,8H2,1-2H3,(H,14,17). The van der Waals surface area contributed by atoms with Crippen molar-refractivity contribution < 1.29 is 9.59 Å². The fraction of sp³-hybridized carbons (Fsp3) is 0.250. The van der Waals surface area contributed by atoms with Gasteiger partial charge in [-0.15, -0.1) is 0 Å². The van der Waals surface area contributed by atoms with Crippen LogP contribution in [0.4, 0.5) is 4.79 Å². The van der Waals surface area contributed by atoms with Crippen molar-refractivity contribution in [2.75, 3.05) is 13.6 Å². The van der Waals surface area contributed by atoms with Crippen LogP contribution in [0.2, 0.25) is 0 Å². The van der Waals surface area contributed by atoms with E-state index in [0.717, 1.165) is 5.71 Å². The Morgan fingerprint density at radius 2 is 2.00 bits per heavy atom. The van der Waals surface area contributed by atoms with Gasteiger partial charge in [-0.25, -0.2) is 14.8 Å². The van der Waals surface area contributed by atoms with Gasteiger partial charge < -0.3 is 0 Å². The van der Waals surface area contributed by atoms with Gasteiger partial charge in [-0.05, 0) is 19.1 Å². The van der Waals surface area contributed by atoms with Crippen LogP contribution in [0.15, 0.2) is 35.4 Å². The fourth-order valence-electron chi connectivity index (χ4n) is 1.67. The Morgan fingerprint density at radius 3 is 2.67 bits per heavy atom. The summed E-state index contributed by atoms with van der Waals surface area (Å²) >= 11 is 0. The minimum absolute atomic E-state index is 0.293. The average Bonchev–Trinajstić information content (AvgIpc) is 2.36. The second-order valence-corrected chi connectivity index (χ2v) is 4.03. The molecule has 1 aromatic rings. The predicted octanol–water partition coefficient (Wildman–Crippen LogP) is 1.07. The van der Waals surface area contributed by atoms with Crippen molar-refractivity contribution in [3.8, 4) is 0 Å². The Hall–Kier alpha value is -2.37. The first-order valence-electron chi connectivity index (χ1n) is 5.53. The molecule has 0 unspecified atom stereocenters. The Balaban J connectivity index is 2.09. The zero-order chi connectivity index (χ0) is 13.1. The van der Waals surface area contributed by atoms with E-state index in [-0.39, 0.29) is 11.9 Å². The summed E-state index contributed by atoms with van der Waals surface area (Å²) in [5.74, 6) is -0.313. The third-order valence-electron chi connectivity index (χ3n) is 2.49. The van der Waals surface area contributed by atoms with Crippen molar-refractivity contribution in [2.45, 2.75) is 6.92 Å². The van der Waals surface area contributed by atoms with Gasteiger partial charge in [-0.3, -0.25) is 10.2 Å². The van der Waals surface area contributed by atoms with Gasteiger partial charge in [0.15, 0.2) is 0 Å². The fourth-order valence-corrected chi connectivity index (χ4v) is 1.67. The van der Waals surface area contributed by atoms with Gasteiger partial charge in [0, 0.05) is 12.6 Å². The lowest BCUT2D eigenvalue weighted by atomic mass is 10.2. The molecule has 18 heavy (non-hydrogen) atoms. The highest BCUT2D eigenvalue weighted by molar-refractivity contribution is 5.97. The maximum absolute atomic E-state index is 11.9. The third kappa shape index (κ3) is 2.48. The van der Waals surface area contributed by atoms with E-state index in [9.17, 15) is 9.59 Å². The van der Waals surface area contributed by atoms with Crippen LogP contribution in [-0.2, 0) is 0 Å². The van der Waals surface area contributed by atoms with Gasteiger partial charge in [0.05, 0.1) is 12.3 Å². The highest BCUT2D eigenvalue weighted by Crippen LogP contribution is 2.05. The molecule has 0 saturated carbocycles. The molecule has 6 heteroatoms. The molecular weight excluding hydrogens is 232 g/mol. The smallest absolute Gasteiger partial charge is 0.267 e. The maximum atomic E-state index is 11.9. The van der Waals surface area contributed by atoms with E-state index >= 15 is 0 Å². The quantitative estimate of drug-likeness (QED) is 0.848. The number of rotatable bonds is 2. The van der Waals surface area contributed by atoms with Gasteiger partial charge in [-0.2, -0.15) is 5.10 Å². The molecular formula is C12H14N4O2. The van der Waals surface area contributed by atoms with E-state index in [0.29, 0.717) is 12.1 Å². The van der Waals surface area contributed by atoms with Crippen LogP contribution in [-0.4, -0.2) is 41.3 Å². The number of urea groups is 1. The van der Waals surface area contributed by atoms with Gasteiger partial charge in [0.25, 0.3) is 5.91 Å². The van der Waals surface area contributed by atoms with Crippen LogP contribution in [0.25, 0.3) is 0 Å². The van der Waals surface area contributed by atoms with Gasteiger partial charge in [0.1, 0.15) is 0 Å². The molecule has 1 aliphatic rings. The van der Waals surface area contributed by atoms with E-state index in [1.807, 2.05) is 6.07 Å². The van der Waals surface area contributed by atoms with Crippen LogP contribution in [0, 0.1) is 0 Å². The van der Waals surface area contributed by atoms with Crippen molar-refractivity contribution in [1.82, 2.24) is 15.4 Å². The Bertz CT molecular complexity index is 498. The predicted molar refractivity (Wildman–Crippen MR) is 66.9 cm³/mol. The molecule has 94 valence electrons. The highest BCUT2D eigenvalue weighted by atomic mass is 16.2. The summed E-state index contributed by atoms with van der Waals surface area (Å²) < 4.78 is 0. The number of hydrogen-bond acceptors (Lipinski definition) is 3. The third-order valence-corrected chi connectivity index (χ3v) is 2.49. The van der Waals surface area contributed by atoms with Crippen molar-refractivity contribution in [1.29, 1.82) is 0 Å². The molecule has 1 aromatic carbocycles. The van der Waals surface area contributed by atoms with E-state index in [1.165, 1.54) is 10.0 Å². The highest BCUT2D eigenvalue weighted by Gasteiger charge is 2.25. The molecule has 6 nitrogen and oxygen atoms in total. The van der Waals surface area contributed by atoms with E-state index < -0.39 is 0 Å². The molecule has 1 N–H and O–H groups in total. The molecule has 0 aromatic heterocycles. The number of hydrogen-bond donors (Lipinski definition) is 1. The second kappa shape index (κ2) is 4.87. The van der Waals surface area contributed by atoms with Crippen molar-refractivity contribution >= 4 is 17.6 Å². The summed E-state index contributed by atoms with van der Waals surface area (Å²) in [5, 5.41) is 6.45. The number of nitrogens with zero attached hydrogens (tertiary/aromatic N) is 3. The number of hydrazone groups is 1. The molecule has 0 radical (unpaired) electrons. The molecule has 0 atom stereocenters. The molecule has 0 saturated heterocycles. The number of benzene rings is 1. The van der Waals surface area contributed by atoms with Crippen molar-refractivity contribution in [2.24, 2.45) is 5.10 Å². The van der Waals surface area contributed by atoms with Crippen LogP contribution in [0.1, 0.15) is 17.3 Å². The zero-order valence-electron chi connectivity index (χ0n) is 10.3. The number of carbonyl (C=O) groups is 2. The van der Waals surface area contributed by atoms with E-state index in [4.69, 9.17) is 0 Å². The summed E-state index contributed by atoms with van der Waals surface area (Å²) in [6, 6.07) is 8.39. The Kier molecular flexibility index (Phi) is 3.27. The minimum atomic E-state index is -0.357. The van der Waals surface area contributed by atoms with Crippen molar-refractivity contribution in [3.63, 3.8) is 0 Å². The zero-order valence-corrected chi connectivity index (χ0v) is 10.3. The van der Waals surface area contributed by atoms with Gasteiger partial charge in [-0.1, -0.05) is 18.2 Å². The van der Waals surface area contributed by atoms with Gasteiger partial charge >= 0.3 is 6.03 Å². The summed E-state index contributed by atoms with van der Waals surface area (Å²) in [6.07, 6.45) is 0. The number of carbonyl (C=O) groups excluding carboxylic acids is 2. The first-order valence-corrected chi connectivity index (χ1v) is 5.53. The lowest BCUT2D eigenvalue weighted by Gasteiger charge is -2.30. The van der Waals surface area contributed by atoms with Crippen LogP contribution >= 0.6 is 0 Å². The number of amides is 3. The van der Waals surface area contributed by atoms with Crippen molar-refractivity contribution in [3.05, 3.63) is 35.9 Å². The summed E-state index contributed by atoms with van der Waals surface area (Å²) in [5.41, 5.74) is 3.83. The van der Waals surface area contributed by atoms with Crippen LogP contribution in [0.5, 0.6) is 0 Å². The number of hydrazine groups is 1. The SMILES string of the molecule is CC1=NN(C)C(=O)N(NC(=O)c2ccccc2)C1. The first kappa shape index (κ1) is 12.1. The van der Waals surface area contributed by atoms with E-state index in [2.05, 4.69) is 10.5 Å². The average molecular weight is 246 g/mol. The van der Waals surface area contributed by atoms with E-state index in [1.54, 1.807) is 38.2 Å². The molecule has 0 fully saturated rings. The molecule has 1 aliphatic heterocycles. The molecule has 2 rings (SSSR count). The number of nitrogens with one attached hydrogen (secondary N) is 1. The van der Waals surface area contributed by atoms with Gasteiger partial charge in [0.2, 0.25) is 0 Å². The first-order chi connectivity index (χ1) is 8.58. The Morgan fingerprint density at radius 1 is 1.33 bits per heavy atom. The second-order valence-electron chi connectivity index (χ2n) is 4.03. The summed E-state index contributed by atoms with van der Waals surface area (Å²) in [7, 11) is 1.55. The maximum Gasteiger partial charge on any atom is 0.359 e. The lowest BCUT2D eigenvalue weighted by molar-refractivity contribution is 0.0803. The molecule has 0 aliphatic carbocycles. The minimum Gasteiger partial charge on any atom is -0.267 e.